The largest absolute Gasteiger partial charge is 0.494 e. The fourth-order valence-electron chi connectivity index (χ4n) is 2.28. The zero-order chi connectivity index (χ0) is 16.9. The Balaban J connectivity index is 1.81. The van der Waals surface area contributed by atoms with Gasteiger partial charge in [-0.3, -0.25) is 9.20 Å². The average Bonchev–Trinajstić information content (AvgIpc) is 3.05. The number of unbranched alkanes of at least 4 members (excludes halogenated alkanes) is 1. The number of ether oxygens (including phenoxy) is 2. The lowest BCUT2D eigenvalue weighted by Crippen LogP contribution is -2.11. The van der Waals surface area contributed by atoms with Gasteiger partial charge in [-0.15, -0.1) is 0 Å². The first kappa shape index (κ1) is 15.9. The molecule has 1 aromatic carbocycles. The van der Waals surface area contributed by atoms with Gasteiger partial charge in [0.1, 0.15) is 17.8 Å². The lowest BCUT2D eigenvalue weighted by molar-refractivity contribution is 0.1000. The minimum atomic E-state index is -0.511. The van der Waals surface area contributed by atoms with E-state index < -0.39 is 5.91 Å². The van der Waals surface area contributed by atoms with Crippen molar-refractivity contribution in [1.82, 2.24) is 9.38 Å². The van der Waals surface area contributed by atoms with E-state index in [0.29, 0.717) is 23.8 Å². The predicted molar refractivity (Wildman–Crippen MR) is 90.6 cm³/mol. The third-order valence-electron chi connectivity index (χ3n) is 3.58. The van der Waals surface area contributed by atoms with Gasteiger partial charge < -0.3 is 15.2 Å². The Labute approximate surface area is 139 Å². The van der Waals surface area contributed by atoms with Crippen molar-refractivity contribution in [3.05, 3.63) is 54.5 Å². The molecular formula is C18H19N3O3. The van der Waals surface area contributed by atoms with E-state index in [1.807, 2.05) is 24.3 Å². The number of primary amides is 1. The minimum absolute atomic E-state index is 0.373. The van der Waals surface area contributed by atoms with Gasteiger partial charge in [0, 0.05) is 11.6 Å². The third-order valence-corrected chi connectivity index (χ3v) is 3.58. The molecule has 0 aliphatic heterocycles. The highest BCUT2D eigenvalue weighted by Crippen LogP contribution is 2.26. The van der Waals surface area contributed by atoms with Crippen LogP contribution >= 0.6 is 0 Å². The molecule has 3 aromatic rings. The van der Waals surface area contributed by atoms with Crippen LogP contribution in [0.2, 0.25) is 0 Å². The predicted octanol–water partition coefficient (Wildman–Crippen LogP) is 3.40. The molecule has 3 rings (SSSR count). The molecule has 2 heterocycles. The van der Waals surface area contributed by atoms with E-state index in [0.717, 1.165) is 24.1 Å². The number of nitrogens with two attached hydrogens (primary N) is 1. The number of hydrogen-bond donors (Lipinski definition) is 1. The van der Waals surface area contributed by atoms with Crippen LogP contribution in [0.25, 0.3) is 5.52 Å². The van der Waals surface area contributed by atoms with Crippen LogP contribution in [0.15, 0.2) is 48.9 Å². The first-order valence-electron chi connectivity index (χ1n) is 7.84. The van der Waals surface area contributed by atoms with Gasteiger partial charge in [0.2, 0.25) is 11.8 Å². The summed E-state index contributed by atoms with van der Waals surface area (Å²) in [5.41, 5.74) is 6.48. The maximum atomic E-state index is 11.5. The van der Waals surface area contributed by atoms with Gasteiger partial charge in [-0.05, 0) is 36.8 Å². The molecule has 0 unspecified atom stereocenters. The van der Waals surface area contributed by atoms with E-state index in [4.69, 9.17) is 15.2 Å². The van der Waals surface area contributed by atoms with Gasteiger partial charge in [0.05, 0.1) is 18.3 Å². The summed E-state index contributed by atoms with van der Waals surface area (Å²) in [5, 5.41) is 0. The van der Waals surface area contributed by atoms with Crippen LogP contribution in [-0.4, -0.2) is 21.9 Å². The van der Waals surface area contributed by atoms with Crippen molar-refractivity contribution >= 4 is 11.4 Å². The normalized spacial score (nSPS) is 10.7. The first-order valence-corrected chi connectivity index (χ1v) is 7.84. The van der Waals surface area contributed by atoms with Crippen LogP contribution in [0.1, 0.15) is 30.1 Å². The topological polar surface area (TPSA) is 78.8 Å². The highest BCUT2D eigenvalue weighted by Gasteiger charge is 2.10. The summed E-state index contributed by atoms with van der Waals surface area (Å²) in [7, 11) is 0. The van der Waals surface area contributed by atoms with Crippen molar-refractivity contribution in [3.8, 4) is 17.4 Å². The summed E-state index contributed by atoms with van der Waals surface area (Å²) in [4.78, 5) is 15.5. The molecule has 2 N–H and O–H groups in total. The second-order valence-corrected chi connectivity index (χ2v) is 5.41. The quantitative estimate of drug-likeness (QED) is 0.675. The smallest absolute Gasteiger partial charge is 0.248 e. The maximum Gasteiger partial charge on any atom is 0.248 e. The SMILES string of the molecule is CCCCOc1ccc(Oc2cc(C(N)=O)cc3cncn23)cc1. The number of hydrogen-bond acceptors (Lipinski definition) is 4. The summed E-state index contributed by atoms with van der Waals surface area (Å²) >= 11 is 0. The highest BCUT2D eigenvalue weighted by atomic mass is 16.5. The van der Waals surface area contributed by atoms with E-state index in [1.54, 1.807) is 29.1 Å². The van der Waals surface area contributed by atoms with Crippen LogP contribution in [0, 0.1) is 0 Å². The second kappa shape index (κ2) is 7.04. The molecule has 0 spiro atoms. The average molecular weight is 325 g/mol. The molecule has 0 saturated heterocycles. The zero-order valence-electron chi connectivity index (χ0n) is 13.4. The number of carbonyl (C=O) groups is 1. The molecule has 0 fully saturated rings. The van der Waals surface area contributed by atoms with Gasteiger partial charge >= 0.3 is 0 Å². The molecular weight excluding hydrogens is 306 g/mol. The number of aromatic nitrogens is 2. The van der Waals surface area contributed by atoms with E-state index in [9.17, 15) is 4.79 Å². The highest BCUT2D eigenvalue weighted by molar-refractivity contribution is 5.94. The standard InChI is InChI=1S/C18H19N3O3/c1-2-3-8-23-15-4-6-16(7-5-15)24-17-10-13(18(19)22)9-14-11-20-12-21(14)17/h4-7,9-12H,2-3,8H2,1H3,(H2,19,22). The monoisotopic (exact) mass is 325 g/mol. The van der Waals surface area contributed by atoms with E-state index >= 15 is 0 Å². The molecule has 2 aromatic heterocycles. The van der Waals surface area contributed by atoms with Crippen LogP contribution in [0.3, 0.4) is 0 Å². The Bertz CT molecular complexity index is 840. The number of fused-ring (bicyclic) bond motifs is 1. The van der Waals surface area contributed by atoms with Crippen molar-refractivity contribution in [1.29, 1.82) is 0 Å². The molecule has 24 heavy (non-hydrogen) atoms. The molecule has 0 atom stereocenters. The van der Waals surface area contributed by atoms with Crippen LogP contribution < -0.4 is 15.2 Å². The number of imidazole rings is 1. The Hall–Kier alpha value is -3.02. The molecule has 6 nitrogen and oxygen atoms in total. The Kier molecular flexibility index (Phi) is 4.65. The number of nitrogens with zero attached hydrogens (tertiary/aromatic N) is 2. The first-order chi connectivity index (χ1) is 11.7. The molecule has 0 aliphatic rings. The third kappa shape index (κ3) is 3.48. The molecule has 6 heteroatoms. The molecule has 124 valence electrons. The number of pyridine rings is 1. The van der Waals surface area contributed by atoms with E-state index in [-0.39, 0.29) is 0 Å². The van der Waals surface area contributed by atoms with Crippen molar-refractivity contribution in [2.75, 3.05) is 6.61 Å². The summed E-state index contributed by atoms with van der Waals surface area (Å²) in [6, 6.07) is 10.6. The summed E-state index contributed by atoms with van der Waals surface area (Å²) < 4.78 is 13.3. The van der Waals surface area contributed by atoms with Crippen LogP contribution in [0.4, 0.5) is 0 Å². The molecule has 1 amide bonds. The molecule has 0 radical (unpaired) electrons. The molecule has 0 bridgehead atoms. The second-order valence-electron chi connectivity index (χ2n) is 5.41. The van der Waals surface area contributed by atoms with Gasteiger partial charge in [0.15, 0.2) is 0 Å². The number of rotatable bonds is 7. The molecule has 0 aliphatic carbocycles. The Morgan fingerprint density at radius 2 is 1.96 bits per heavy atom. The van der Waals surface area contributed by atoms with Crippen LogP contribution in [0.5, 0.6) is 17.4 Å². The molecule has 0 saturated carbocycles. The number of amides is 1. The van der Waals surface area contributed by atoms with Crippen molar-refractivity contribution < 1.29 is 14.3 Å². The number of benzene rings is 1. The lowest BCUT2D eigenvalue weighted by Gasteiger charge is -2.10. The van der Waals surface area contributed by atoms with Crippen molar-refractivity contribution in [3.63, 3.8) is 0 Å². The van der Waals surface area contributed by atoms with Gasteiger partial charge in [-0.25, -0.2) is 4.98 Å². The Morgan fingerprint density at radius 3 is 2.67 bits per heavy atom. The van der Waals surface area contributed by atoms with E-state index in [1.165, 1.54) is 0 Å². The fourth-order valence-corrected chi connectivity index (χ4v) is 2.28. The van der Waals surface area contributed by atoms with E-state index in [2.05, 4.69) is 11.9 Å². The zero-order valence-corrected chi connectivity index (χ0v) is 13.4. The maximum absolute atomic E-state index is 11.5. The van der Waals surface area contributed by atoms with Gasteiger partial charge in [-0.1, -0.05) is 13.3 Å². The van der Waals surface area contributed by atoms with Crippen molar-refractivity contribution in [2.45, 2.75) is 19.8 Å². The van der Waals surface area contributed by atoms with Gasteiger partial charge in [0.25, 0.3) is 0 Å². The Morgan fingerprint density at radius 1 is 1.21 bits per heavy atom. The van der Waals surface area contributed by atoms with Crippen LogP contribution in [-0.2, 0) is 0 Å². The summed E-state index contributed by atoms with van der Waals surface area (Å²) in [6.45, 7) is 2.82. The summed E-state index contributed by atoms with van der Waals surface area (Å²) in [6.07, 6.45) is 5.39. The summed E-state index contributed by atoms with van der Waals surface area (Å²) in [5.74, 6) is 1.39. The van der Waals surface area contributed by atoms with Crippen molar-refractivity contribution in [2.24, 2.45) is 5.73 Å². The lowest BCUT2D eigenvalue weighted by atomic mass is 10.2. The van der Waals surface area contributed by atoms with Gasteiger partial charge in [-0.2, -0.15) is 0 Å². The minimum Gasteiger partial charge on any atom is -0.494 e. The number of carbonyl (C=O) groups excluding carboxylic acids is 1. The fraction of sp³-hybridized carbons (Fsp3) is 0.222.